The summed E-state index contributed by atoms with van der Waals surface area (Å²) in [5.74, 6) is -0.225. The van der Waals surface area contributed by atoms with Gasteiger partial charge in [0, 0.05) is 13.1 Å². The van der Waals surface area contributed by atoms with Crippen molar-refractivity contribution in [2.45, 2.75) is 38.3 Å². The van der Waals surface area contributed by atoms with Crippen LogP contribution in [-0.4, -0.2) is 51.4 Å². The lowest BCUT2D eigenvalue weighted by molar-refractivity contribution is -0.139. The summed E-state index contributed by atoms with van der Waals surface area (Å²) in [7, 11) is -2.52. The van der Waals surface area contributed by atoms with Crippen molar-refractivity contribution in [3.8, 4) is 5.75 Å². The van der Waals surface area contributed by atoms with Gasteiger partial charge in [-0.25, -0.2) is 8.42 Å². The summed E-state index contributed by atoms with van der Waals surface area (Å²) in [4.78, 5) is 28.0. The first-order valence-corrected chi connectivity index (χ1v) is 13.5. The standard InChI is InChI=1S/C28H33N3O5S/c1-5-29-28(33)22(3)30(19-23-10-9-11-25(18-23)36-4)27(32)20-31(24-16-14-21(2)15-17-24)37(34,35)26-12-7-6-8-13-26/h6-18,22H,5,19-20H2,1-4H3,(H,29,33). The Balaban J connectivity index is 2.01. The first kappa shape index (κ1) is 27.7. The molecule has 196 valence electrons. The van der Waals surface area contributed by atoms with Crippen LogP contribution in [0, 0.1) is 6.92 Å². The number of nitrogens with one attached hydrogen (secondary N) is 1. The number of hydrogen-bond donors (Lipinski definition) is 1. The molecule has 0 aliphatic carbocycles. The predicted octanol–water partition coefficient (Wildman–Crippen LogP) is 3.75. The lowest BCUT2D eigenvalue weighted by Crippen LogP contribution is -2.51. The van der Waals surface area contributed by atoms with Crippen molar-refractivity contribution < 1.29 is 22.7 Å². The normalized spacial score (nSPS) is 11.9. The smallest absolute Gasteiger partial charge is 0.264 e. The molecule has 0 spiro atoms. The van der Waals surface area contributed by atoms with Gasteiger partial charge in [0.25, 0.3) is 10.0 Å². The van der Waals surface area contributed by atoms with Gasteiger partial charge in [0.15, 0.2) is 0 Å². The Morgan fingerprint density at radius 1 is 0.973 bits per heavy atom. The van der Waals surface area contributed by atoms with Crippen LogP contribution < -0.4 is 14.4 Å². The van der Waals surface area contributed by atoms with Crippen LogP contribution in [0.1, 0.15) is 25.0 Å². The molecule has 0 aromatic heterocycles. The number of likely N-dealkylation sites (N-methyl/N-ethyl adjacent to an activating group) is 1. The van der Waals surface area contributed by atoms with Crippen LogP contribution in [0.5, 0.6) is 5.75 Å². The van der Waals surface area contributed by atoms with Gasteiger partial charge >= 0.3 is 0 Å². The van der Waals surface area contributed by atoms with E-state index in [1.165, 1.54) is 17.0 Å². The Kier molecular flexibility index (Phi) is 9.30. The van der Waals surface area contributed by atoms with Gasteiger partial charge in [0.05, 0.1) is 17.7 Å². The SMILES string of the molecule is CCNC(=O)C(C)N(Cc1cccc(OC)c1)C(=O)CN(c1ccc(C)cc1)S(=O)(=O)c1ccccc1. The fourth-order valence-corrected chi connectivity index (χ4v) is 5.27. The zero-order valence-electron chi connectivity index (χ0n) is 21.5. The first-order chi connectivity index (χ1) is 17.7. The number of carbonyl (C=O) groups is 2. The molecule has 0 aliphatic rings. The van der Waals surface area contributed by atoms with E-state index in [1.807, 2.05) is 13.0 Å². The maximum atomic E-state index is 13.8. The summed E-state index contributed by atoms with van der Waals surface area (Å²) in [6, 6.07) is 21.3. The molecule has 1 N–H and O–H groups in total. The van der Waals surface area contributed by atoms with Crippen LogP contribution in [-0.2, 0) is 26.2 Å². The number of carbonyl (C=O) groups excluding carboxylic acids is 2. The maximum absolute atomic E-state index is 13.8. The molecule has 1 atom stereocenters. The van der Waals surface area contributed by atoms with E-state index >= 15 is 0 Å². The number of benzene rings is 3. The second-order valence-corrected chi connectivity index (χ2v) is 10.5. The highest BCUT2D eigenvalue weighted by Gasteiger charge is 2.32. The highest BCUT2D eigenvalue weighted by Crippen LogP contribution is 2.25. The number of rotatable bonds is 11. The van der Waals surface area contributed by atoms with Crippen molar-refractivity contribution in [2.24, 2.45) is 0 Å². The molecule has 0 heterocycles. The summed E-state index contributed by atoms with van der Waals surface area (Å²) >= 11 is 0. The summed E-state index contributed by atoms with van der Waals surface area (Å²) in [6.07, 6.45) is 0. The van der Waals surface area contributed by atoms with Gasteiger partial charge in [-0.05, 0) is 62.7 Å². The van der Waals surface area contributed by atoms with Crippen LogP contribution >= 0.6 is 0 Å². The number of ether oxygens (including phenoxy) is 1. The molecule has 3 rings (SSSR count). The molecule has 0 saturated heterocycles. The number of hydrogen-bond acceptors (Lipinski definition) is 5. The van der Waals surface area contributed by atoms with Gasteiger partial charge < -0.3 is 15.0 Å². The lowest BCUT2D eigenvalue weighted by Gasteiger charge is -2.32. The van der Waals surface area contributed by atoms with Crippen molar-refractivity contribution >= 4 is 27.5 Å². The molecule has 37 heavy (non-hydrogen) atoms. The van der Waals surface area contributed by atoms with E-state index in [9.17, 15) is 18.0 Å². The van der Waals surface area contributed by atoms with Gasteiger partial charge in [-0.2, -0.15) is 0 Å². The fourth-order valence-electron chi connectivity index (χ4n) is 3.83. The third-order valence-electron chi connectivity index (χ3n) is 5.94. The van der Waals surface area contributed by atoms with E-state index in [0.29, 0.717) is 18.0 Å². The molecule has 0 bridgehead atoms. The minimum absolute atomic E-state index is 0.0690. The van der Waals surface area contributed by atoms with E-state index in [-0.39, 0.29) is 17.3 Å². The second-order valence-electron chi connectivity index (χ2n) is 8.60. The van der Waals surface area contributed by atoms with Crippen LogP contribution in [0.25, 0.3) is 0 Å². The predicted molar refractivity (Wildman–Crippen MR) is 144 cm³/mol. The topological polar surface area (TPSA) is 96.0 Å². The zero-order chi connectivity index (χ0) is 27.0. The van der Waals surface area contributed by atoms with Crippen molar-refractivity contribution in [1.29, 1.82) is 0 Å². The highest BCUT2D eigenvalue weighted by atomic mass is 32.2. The molecule has 0 fully saturated rings. The van der Waals surface area contributed by atoms with Crippen molar-refractivity contribution in [3.05, 3.63) is 90.0 Å². The summed E-state index contributed by atoms with van der Waals surface area (Å²) in [6.45, 7) is 5.35. The number of anilines is 1. The summed E-state index contributed by atoms with van der Waals surface area (Å²) in [5, 5.41) is 2.75. The average molecular weight is 524 g/mol. The molecular weight excluding hydrogens is 490 g/mol. The van der Waals surface area contributed by atoms with Crippen LogP contribution in [0.4, 0.5) is 5.69 Å². The molecular formula is C28H33N3O5S. The van der Waals surface area contributed by atoms with Crippen molar-refractivity contribution in [3.63, 3.8) is 0 Å². The third kappa shape index (κ3) is 6.89. The van der Waals surface area contributed by atoms with Gasteiger partial charge in [0.1, 0.15) is 18.3 Å². The monoisotopic (exact) mass is 523 g/mol. The van der Waals surface area contributed by atoms with Crippen LogP contribution in [0.15, 0.2) is 83.8 Å². The molecule has 0 radical (unpaired) electrons. The van der Waals surface area contributed by atoms with Crippen molar-refractivity contribution in [1.82, 2.24) is 10.2 Å². The van der Waals surface area contributed by atoms with Gasteiger partial charge in [-0.3, -0.25) is 13.9 Å². The Morgan fingerprint density at radius 3 is 2.27 bits per heavy atom. The molecule has 1 unspecified atom stereocenters. The number of nitrogens with zero attached hydrogens (tertiary/aromatic N) is 2. The summed E-state index contributed by atoms with van der Waals surface area (Å²) < 4.78 is 33.8. The molecule has 0 aliphatic heterocycles. The van der Waals surface area contributed by atoms with E-state index < -0.39 is 28.5 Å². The largest absolute Gasteiger partial charge is 0.497 e. The van der Waals surface area contributed by atoms with Crippen LogP contribution in [0.3, 0.4) is 0 Å². The Morgan fingerprint density at radius 2 is 1.65 bits per heavy atom. The molecule has 2 amide bonds. The van der Waals surface area contributed by atoms with E-state index in [1.54, 1.807) is 81.6 Å². The number of sulfonamides is 1. The zero-order valence-corrected chi connectivity index (χ0v) is 22.4. The van der Waals surface area contributed by atoms with E-state index in [2.05, 4.69) is 5.32 Å². The Labute approximate surface area is 218 Å². The van der Waals surface area contributed by atoms with Gasteiger partial charge in [-0.1, -0.05) is 48.0 Å². The van der Waals surface area contributed by atoms with Crippen molar-refractivity contribution in [2.75, 3.05) is 24.5 Å². The summed E-state index contributed by atoms with van der Waals surface area (Å²) in [5.41, 5.74) is 2.06. The lowest BCUT2D eigenvalue weighted by atomic mass is 10.1. The maximum Gasteiger partial charge on any atom is 0.264 e. The van der Waals surface area contributed by atoms with E-state index in [0.717, 1.165) is 15.4 Å². The number of aryl methyl sites for hydroxylation is 1. The molecule has 8 nitrogen and oxygen atoms in total. The molecule has 3 aromatic rings. The Hall–Kier alpha value is -3.85. The average Bonchev–Trinajstić information content (AvgIpc) is 2.91. The minimum atomic E-state index is -4.07. The molecule has 9 heteroatoms. The first-order valence-electron chi connectivity index (χ1n) is 12.0. The number of methoxy groups -OCH3 is 1. The molecule has 0 saturated carbocycles. The Bertz CT molecular complexity index is 1310. The highest BCUT2D eigenvalue weighted by molar-refractivity contribution is 7.92. The van der Waals surface area contributed by atoms with Gasteiger partial charge in [0.2, 0.25) is 11.8 Å². The third-order valence-corrected chi connectivity index (χ3v) is 7.73. The fraction of sp³-hybridized carbons (Fsp3) is 0.286. The quantitative estimate of drug-likeness (QED) is 0.413. The molecule has 3 aromatic carbocycles. The minimum Gasteiger partial charge on any atom is -0.497 e. The van der Waals surface area contributed by atoms with Crippen LogP contribution in [0.2, 0.25) is 0 Å². The second kappa shape index (κ2) is 12.4. The van der Waals surface area contributed by atoms with E-state index in [4.69, 9.17) is 4.74 Å². The van der Waals surface area contributed by atoms with Gasteiger partial charge in [-0.15, -0.1) is 0 Å². The number of amides is 2.